The highest BCUT2D eigenvalue weighted by Crippen LogP contribution is 2.27. The largest absolute Gasteiger partial charge is 0.453 e. The Bertz CT molecular complexity index is 779. The highest BCUT2D eigenvalue weighted by molar-refractivity contribution is 7.11. The number of anilines is 1. The lowest BCUT2D eigenvalue weighted by atomic mass is 10.2. The molecular formula is C15H15Cl2N3O3S. The Balaban J connectivity index is 2.20. The standard InChI is InChI=1S/C15H15Cl2N3O3S/c1-8-12(13(24-19-8)18-15(22)23-3)14(21)20(2)7-9-4-5-10(16)11(17)6-9/h4-6H,7H2,1-3H3,(H,18,22). The van der Waals surface area contributed by atoms with Crippen molar-refractivity contribution in [2.75, 3.05) is 19.5 Å². The van der Waals surface area contributed by atoms with Gasteiger partial charge in [-0.3, -0.25) is 10.1 Å². The van der Waals surface area contributed by atoms with E-state index in [9.17, 15) is 9.59 Å². The smallest absolute Gasteiger partial charge is 0.412 e. The molecule has 2 amide bonds. The normalized spacial score (nSPS) is 10.4. The van der Waals surface area contributed by atoms with Gasteiger partial charge < -0.3 is 9.64 Å². The predicted octanol–water partition coefficient (Wildman–Crippen LogP) is 4.21. The second-order valence-electron chi connectivity index (χ2n) is 5.00. The lowest BCUT2D eigenvalue weighted by Crippen LogP contribution is -2.27. The van der Waals surface area contributed by atoms with Gasteiger partial charge in [0.2, 0.25) is 0 Å². The zero-order valence-corrected chi connectivity index (χ0v) is 15.6. The van der Waals surface area contributed by atoms with Gasteiger partial charge in [0, 0.05) is 13.6 Å². The molecule has 1 aromatic carbocycles. The number of hydrogen-bond donors (Lipinski definition) is 1. The fraction of sp³-hybridized carbons (Fsp3) is 0.267. The minimum atomic E-state index is -0.653. The van der Waals surface area contributed by atoms with Crippen LogP contribution in [0.25, 0.3) is 0 Å². The number of rotatable bonds is 4. The number of carbonyl (C=O) groups is 2. The lowest BCUT2D eigenvalue weighted by Gasteiger charge is -2.18. The van der Waals surface area contributed by atoms with Gasteiger partial charge in [-0.15, -0.1) is 0 Å². The third-order valence-electron chi connectivity index (χ3n) is 3.23. The molecule has 0 spiro atoms. The van der Waals surface area contributed by atoms with Crippen LogP contribution in [0.3, 0.4) is 0 Å². The molecular weight excluding hydrogens is 373 g/mol. The average Bonchev–Trinajstić information content (AvgIpc) is 2.90. The van der Waals surface area contributed by atoms with Crippen molar-refractivity contribution in [3.05, 3.63) is 45.1 Å². The Morgan fingerprint density at radius 2 is 2.04 bits per heavy atom. The molecule has 2 aromatic rings. The van der Waals surface area contributed by atoms with Crippen molar-refractivity contribution >= 4 is 51.7 Å². The van der Waals surface area contributed by atoms with Gasteiger partial charge in [0.05, 0.1) is 28.4 Å². The maximum absolute atomic E-state index is 12.7. The van der Waals surface area contributed by atoms with E-state index < -0.39 is 6.09 Å². The van der Waals surface area contributed by atoms with Crippen LogP contribution in [0.5, 0.6) is 0 Å². The predicted molar refractivity (Wildman–Crippen MR) is 95.1 cm³/mol. The fourth-order valence-electron chi connectivity index (χ4n) is 2.03. The van der Waals surface area contributed by atoms with E-state index in [0.29, 0.717) is 32.8 Å². The first-order chi connectivity index (χ1) is 11.3. The number of aromatic nitrogens is 1. The molecule has 0 bridgehead atoms. The van der Waals surface area contributed by atoms with E-state index in [1.54, 1.807) is 32.2 Å². The molecule has 0 radical (unpaired) electrons. The van der Waals surface area contributed by atoms with E-state index in [1.165, 1.54) is 12.0 Å². The molecule has 2 rings (SSSR count). The van der Waals surface area contributed by atoms with Gasteiger partial charge in [-0.25, -0.2) is 4.79 Å². The number of nitrogens with zero attached hydrogens (tertiary/aromatic N) is 2. The zero-order valence-electron chi connectivity index (χ0n) is 13.2. The van der Waals surface area contributed by atoms with Crippen LogP contribution in [-0.4, -0.2) is 35.4 Å². The SMILES string of the molecule is COC(=O)Nc1snc(C)c1C(=O)N(C)Cc1ccc(Cl)c(Cl)c1. The van der Waals surface area contributed by atoms with Crippen molar-refractivity contribution in [3.8, 4) is 0 Å². The van der Waals surface area contributed by atoms with Crippen molar-refractivity contribution < 1.29 is 14.3 Å². The number of amides is 2. The molecule has 0 aliphatic heterocycles. The van der Waals surface area contributed by atoms with Crippen LogP contribution in [0.15, 0.2) is 18.2 Å². The van der Waals surface area contributed by atoms with E-state index in [-0.39, 0.29) is 5.91 Å². The number of carbonyl (C=O) groups excluding carboxylic acids is 2. The summed E-state index contributed by atoms with van der Waals surface area (Å²) in [6.45, 7) is 2.04. The molecule has 0 saturated carbocycles. The first-order valence-electron chi connectivity index (χ1n) is 6.84. The van der Waals surface area contributed by atoms with Crippen molar-refractivity contribution in [1.82, 2.24) is 9.27 Å². The number of benzene rings is 1. The van der Waals surface area contributed by atoms with E-state index in [2.05, 4.69) is 14.4 Å². The molecule has 0 atom stereocenters. The molecule has 9 heteroatoms. The lowest BCUT2D eigenvalue weighted by molar-refractivity contribution is 0.0785. The molecule has 0 aliphatic carbocycles. The van der Waals surface area contributed by atoms with Crippen LogP contribution >= 0.6 is 34.7 Å². The van der Waals surface area contributed by atoms with Crippen LogP contribution in [0.2, 0.25) is 10.0 Å². The number of methoxy groups -OCH3 is 1. The molecule has 0 aliphatic rings. The van der Waals surface area contributed by atoms with Crippen molar-refractivity contribution in [2.24, 2.45) is 0 Å². The van der Waals surface area contributed by atoms with Gasteiger partial charge in [0.25, 0.3) is 5.91 Å². The average molecular weight is 388 g/mol. The van der Waals surface area contributed by atoms with Gasteiger partial charge in [-0.05, 0) is 36.2 Å². The van der Waals surface area contributed by atoms with Gasteiger partial charge in [0.1, 0.15) is 5.00 Å². The van der Waals surface area contributed by atoms with E-state index >= 15 is 0 Å². The Labute approximate surface area is 153 Å². The first kappa shape index (κ1) is 18.5. The molecule has 1 N–H and O–H groups in total. The number of ether oxygens (including phenoxy) is 1. The minimum absolute atomic E-state index is 0.265. The Morgan fingerprint density at radius 1 is 1.33 bits per heavy atom. The quantitative estimate of drug-likeness (QED) is 0.852. The third-order valence-corrected chi connectivity index (χ3v) is 4.82. The molecule has 0 fully saturated rings. The Morgan fingerprint density at radius 3 is 2.67 bits per heavy atom. The van der Waals surface area contributed by atoms with Crippen LogP contribution in [0.4, 0.5) is 9.80 Å². The molecule has 24 heavy (non-hydrogen) atoms. The summed E-state index contributed by atoms with van der Waals surface area (Å²) in [4.78, 5) is 25.6. The van der Waals surface area contributed by atoms with Crippen LogP contribution in [0, 0.1) is 6.92 Å². The number of nitrogens with one attached hydrogen (secondary N) is 1. The maximum atomic E-state index is 12.7. The number of aryl methyl sites for hydroxylation is 1. The van der Waals surface area contributed by atoms with Gasteiger partial charge in [-0.2, -0.15) is 4.37 Å². The van der Waals surface area contributed by atoms with Crippen LogP contribution in [-0.2, 0) is 11.3 Å². The second-order valence-corrected chi connectivity index (χ2v) is 6.59. The summed E-state index contributed by atoms with van der Waals surface area (Å²) in [7, 11) is 2.91. The number of halogens is 2. The molecule has 1 aromatic heterocycles. The molecule has 128 valence electrons. The monoisotopic (exact) mass is 387 g/mol. The highest BCUT2D eigenvalue weighted by atomic mass is 35.5. The van der Waals surface area contributed by atoms with Crippen molar-refractivity contribution in [1.29, 1.82) is 0 Å². The highest BCUT2D eigenvalue weighted by Gasteiger charge is 2.23. The Hall–Kier alpha value is -1.83. The molecule has 0 saturated heterocycles. The molecule has 1 heterocycles. The Kier molecular flexibility index (Phi) is 6.04. The van der Waals surface area contributed by atoms with Crippen molar-refractivity contribution in [3.63, 3.8) is 0 Å². The second kappa shape index (κ2) is 7.83. The van der Waals surface area contributed by atoms with E-state index in [0.717, 1.165) is 17.1 Å². The third kappa shape index (κ3) is 4.17. The van der Waals surface area contributed by atoms with Crippen LogP contribution in [0.1, 0.15) is 21.6 Å². The number of hydrogen-bond acceptors (Lipinski definition) is 5. The van der Waals surface area contributed by atoms with Gasteiger partial charge in [-0.1, -0.05) is 29.3 Å². The molecule has 6 nitrogen and oxygen atoms in total. The summed E-state index contributed by atoms with van der Waals surface area (Å²) >= 11 is 12.9. The summed E-state index contributed by atoms with van der Waals surface area (Å²) in [5, 5.41) is 3.74. The van der Waals surface area contributed by atoms with E-state index in [1.807, 2.05) is 0 Å². The van der Waals surface area contributed by atoms with Gasteiger partial charge in [0.15, 0.2) is 0 Å². The van der Waals surface area contributed by atoms with Crippen LogP contribution < -0.4 is 5.32 Å². The zero-order chi connectivity index (χ0) is 17.9. The van der Waals surface area contributed by atoms with Crippen molar-refractivity contribution in [2.45, 2.75) is 13.5 Å². The minimum Gasteiger partial charge on any atom is -0.453 e. The summed E-state index contributed by atoms with van der Waals surface area (Å²) in [6, 6.07) is 5.18. The van der Waals surface area contributed by atoms with Gasteiger partial charge >= 0.3 is 6.09 Å². The maximum Gasteiger partial charge on any atom is 0.412 e. The fourth-order valence-corrected chi connectivity index (χ4v) is 3.12. The molecule has 0 unspecified atom stereocenters. The summed E-state index contributed by atoms with van der Waals surface area (Å²) in [5.41, 5.74) is 1.72. The topological polar surface area (TPSA) is 71.5 Å². The van der Waals surface area contributed by atoms with E-state index in [4.69, 9.17) is 23.2 Å². The summed E-state index contributed by atoms with van der Waals surface area (Å²) < 4.78 is 8.68. The summed E-state index contributed by atoms with van der Waals surface area (Å²) in [5.74, 6) is -0.265. The summed E-state index contributed by atoms with van der Waals surface area (Å²) in [6.07, 6.45) is -0.653. The first-order valence-corrected chi connectivity index (χ1v) is 8.37.